The molecule has 2 heterocycles. The first-order chi connectivity index (χ1) is 13.9. The van der Waals surface area contributed by atoms with E-state index in [1.54, 1.807) is 0 Å². The van der Waals surface area contributed by atoms with E-state index in [2.05, 4.69) is 9.72 Å². The van der Waals surface area contributed by atoms with Gasteiger partial charge in [-0.2, -0.15) is 8.78 Å². The molecular weight excluding hydrogens is 427 g/mol. The summed E-state index contributed by atoms with van der Waals surface area (Å²) in [6.45, 7) is 0.896. The molecule has 0 spiro atoms. The summed E-state index contributed by atoms with van der Waals surface area (Å²) in [4.78, 5) is 29.3. The smallest absolute Gasteiger partial charge is 0.399 e. The molecule has 6 nitrogen and oxygen atoms in total. The highest BCUT2D eigenvalue weighted by Gasteiger charge is 2.46. The number of ether oxygens (including phenoxy) is 1. The van der Waals surface area contributed by atoms with Crippen molar-refractivity contribution in [3.8, 4) is 5.75 Å². The van der Waals surface area contributed by atoms with Crippen LogP contribution in [-0.4, -0.2) is 34.2 Å². The van der Waals surface area contributed by atoms with E-state index in [9.17, 15) is 40.3 Å². The van der Waals surface area contributed by atoms with Crippen LogP contribution in [0.4, 0.5) is 41.2 Å². The van der Waals surface area contributed by atoms with E-state index >= 15 is 0 Å². The minimum atomic E-state index is -5.51. The Morgan fingerprint density at radius 3 is 2.37 bits per heavy atom. The number of aromatic nitrogens is 1. The van der Waals surface area contributed by atoms with Gasteiger partial charge in [-0.3, -0.25) is 4.79 Å². The van der Waals surface area contributed by atoms with Crippen LogP contribution in [0.15, 0.2) is 24.4 Å². The van der Waals surface area contributed by atoms with Crippen LogP contribution in [-0.2, 0) is 11.3 Å². The van der Waals surface area contributed by atoms with Gasteiger partial charge in [-0.05, 0) is 24.6 Å². The highest BCUT2D eigenvalue weighted by molar-refractivity contribution is 6.21. The number of hydrogen-bond donors (Lipinski definition) is 0. The second-order valence-corrected chi connectivity index (χ2v) is 6.13. The predicted molar refractivity (Wildman–Crippen MR) is 85.1 cm³/mol. The minimum Gasteiger partial charge on any atom is -0.399 e. The molecule has 2 aromatic rings. The maximum atomic E-state index is 14.3. The van der Waals surface area contributed by atoms with Gasteiger partial charge in [0.2, 0.25) is 17.5 Å². The molecule has 1 aliphatic rings. The molecule has 1 fully saturated rings. The molecule has 1 aliphatic heterocycles. The molecule has 0 radical (unpaired) electrons. The van der Waals surface area contributed by atoms with Crippen LogP contribution in [0, 0.1) is 23.4 Å². The largest absolute Gasteiger partial charge is 0.573 e. The van der Waals surface area contributed by atoms with Crippen molar-refractivity contribution in [2.45, 2.75) is 25.9 Å². The Bertz CT molecular complexity index is 1030. The van der Waals surface area contributed by atoms with Crippen LogP contribution in [0.3, 0.4) is 0 Å². The summed E-state index contributed by atoms with van der Waals surface area (Å²) in [6, 6.07) is -0.120. The SMILES string of the molecule is CC1C(=O)N(c2cc(F)c(OC(F)(F)F)c(F)c2F)C(=O)N1Cc1ccnc(F)c1. The first-order valence-electron chi connectivity index (χ1n) is 8.09. The molecule has 0 aliphatic carbocycles. The molecule has 13 heteroatoms. The third-order valence-electron chi connectivity index (χ3n) is 4.18. The second kappa shape index (κ2) is 7.46. The van der Waals surface area contributed by atoms with Gasteiger partial charge in [0.05, 0.1) is 5.69 Å². The van der Waals surface area contributed by atoms with Gasteiger partial charge in [-0.25, -0.2) is 23.5 Å². The average molecular weight is 437 g/mol. The van der Waals surface area contributed by atoms with Crippen molar-refractivity contribution in [3.05, 3.63) is 53.4 Å². The Balaban J connectivity index is 1.97. The van der Waals surface area contributed by atoms with Crippen LogP contribution in [0.1, 0.15) is 12.5 Å². The van der Waals surface area contributed by atoms with Crippen LogP contribution in [0.5, 0.6) is 5.75 Å². The number of halogens is 7. The van der Waals surface area contributed by atoms with Crippen molar-refractivity contribution in [3.63, 3.8) is 0 Å². The molecule has 1 atom stereocenters. The number of urea groups is 1. The highest BCUT2D eigenvalue weighted by Crippen LogP contribution is 2.37. The summed E-state index contributed by atoms with van der Waals surface area (Å²) in [5, 5.41) is 0. The fourth-order valence-corrected chi connectivity index (χ4v) is 2.81. The molecular formula is C17H10F7N3O3. The highest BCUT2D eigenvalue weighted by atomic mass is 19.4. The van der Waals surface area contributed by atoms with Gasteiger partial charge < -0.3 is 9.64 Å². The van der Waals surface area contributed by atoms with Crippen molar-refractivity contribution >= 4 is 17.6 Å². The van der Waals surface area contributed by atoms with Crippen LogP contribution >= 0.6 is 0 Å². The van der Waals surface area contributed by atoms with Gasteiger partial charge >= 0.3 is 12.4 Å². The predicted octanol–water partition coefficient (Wildman–Crippen LogP) is 3.89. The van der Waals surface area contributed by atoms with Crippen LogP contribution in [0.25, 0.3) is 0 Å². The van der Waals surface area contributed by atoms with E-state index in [1.165, 1.54) is 13.0 Å². The van der Waals surface area contributed by atoms with Crippen molar-refractivity contribution < 1.29 is 45.1 Å². The molecule has 3 rings (SSSR count). The maximum absolute atomic E-state index is 14.3. The number of anilines is 1. The van der Waals surface area contributed by atoms with E-state index in [1.807, 2.05) is 0 Å². The lowest BCUT2D eigenvalue weighted by Crippen LogP contribution is -2.34. The van der Waals surface area contributed by atoms with Crippen molar-refractivity contribution in [1.82, 2.24) is 9.88 Å². The molecule has 160 valence electrons. The Labute approximate surface area is 163 Å². The number of alkyl halides is 3. The summed E-state index contributed by atoms with van der Waals surface area (Å²) in [7, 11) is 0. The number of nitrogens with zero attached hydrogens (tertiary/aromatic N) is 3. The van der Waals surface area contributed by atoms with Gasteiger partial charge in [-0.15, -0.1) is 13.2 Å². The van der Waals surface area contributed by atoms with E-state index < -0.39 is 59.2 Å². The van der Waals surface area contributed by atoms with E-state index in [4.69, 9.17) is 0 Å². The zero-order valence-corrected chi connectivity index (χ0v) is 14.8. The van der Waals surface area contributed by atoms with Gasteiger partial charge in [-0.1, -0.05) is 0 Å². The number of pyridine rings is 1. The summed E-state index contributed by atoms with van der Waals surface area (Å²) < 4.78 is 95.4. The number of carbonyl (C=O) groups is 2. The number of imide groups is 1. The molecule has 3 amide bonds. The van der Waals surface area contributed by atoms with Crippen LogP contribution < -0.4 is 9.64 Å². The summed E-state index contributed by atoms with van der Waals surface area (Å²) in [5.41, 5.74) is -1.02. The fraction of sp³-hybridized carbons (Fsp3) is 0.235. The zero-order chi connectivity index (χ0) is 22.4. The molecule has 0 saturated carbocycles. The standard InChI is InChI=1S/C17H10F7N3O3/c1-7-15(28)27(16(29)26(7)6-8-2-3-25-11(19)4-8)10-5-9(18)14(13(21)12(10)20)30-17(22,23)24/h2-5,7H,6H2,1H3. The Morgan fingerprint density at radius 1 is 1.10 bits per heavy atom. The summed E-state index contributed by atoms with van der Waals surface area (Å²) >= 11 is 0. The average Bonchev–Trinajstić information content (AvgIpc) is 2.85. The molecule has 1 unspecified atom stereocenters. The lowest BCUT2D eigenvalue weighted by molar-refractivity contribution is -0.276. The molecule has 1 aromatic heterocycles. The number of benzene rings is 1. The quantitative estimate of drug-likeness (QED) is 0.315. The normalized spacial score (nSPS) is 17.1. The first-order valence-corrected chi connectivity index (χ1v) is 8.09. The number of hydrogen-bond acceptors (Lipinski definition) is 4. The molecule has 1 saturated heterocycles. The summed E-state index contributed by atoms with van der Waals surface area (Å²) in [6.07, 6.45) is -4.42. The Morgan fingerprint density at radius 2 is 1.77 bits per heavy atom. The molecule has 0 bridgehead atoms. The number of rotatable bonds is 4. The second-order valence-electron chi connectivity index (χ2n) is 6.13. The molecule has 30 heavy (non-hydrogen) atoms. The maximum Gasteiger partial charge on any atom is 0.573 e. The van der Waals surface area contributed by atoms with Gasteiger partial charge in [0.25, 0.3) is 5.91 Å². The fourth-order valence-electron chi connectivity index (χ4n) is 2.81. The lowest BCUT2D eigenvalue weighted by atomic mass is 10.2. The van der Waals surface area contributed by atoms with Crippen molar-refractivity contribution in [2.24, 2.45) is 0 Å². The topological polar surface area (TPSA) is 62.7 Å². The lowest BCUT2D eigenvalue weighted by Gasteiger charge is -2.20. The van der Waals surface area contributed by atoms with Crippen molar-refractivity contribution in [2.75, 3.05) is 4.90 Å². The molecule has 0 N–H and O–H groups in total. The zero-order valence-electron chi connectivity index (χ0n) is 14.8. The minimum absolute atomic E-state index is 0.0393. The first kappa shape index (κ1) is 21.3. The van der Waals surface area contributed by atoms with Crippen molar-refractivity contribution in [1.29, 1.82) is 0 Å². The van der Waals surface area contributed by atoms with Gasteiger partial charge in [0.1, 0.15) is 6.04 Å². The van der Waals surface area contributed by atoms with Gasteiger partial charge in [0.15, 0.2) is 11.6 Å². The van der Waals surface area contributed by atoms with Crippen LogP contribution in [0.2, 0.25) is 0 Å². The molecule has 1 aromatic carbocycles. The van der Waals surface area contributed by atoms with E-state index in [0.717, 1.165) is 17.2 Å². The number of carbonyl (C=O) groups excluding carboxylic acids is 2. The van der Waals surface area contributed by atoms with Gasteiger partial charge in [0, 0.05) is 18.8 Å². The Kier molecular flexibility index (Phi) is 5.31. The third-order valence-corrected chi connectivity index (χ3v) is 4.18. The summed E-state index contributed by atoms with van der Waals surface area (Å²) in [5.74, 6) is -10.5. The van der Waals surface area contributed by atoms with E-state index in [0.29, 0.717) is 0 Å². The third kappa shape index (κ3) is 3.86. The monoisotopic (exact) mass is 437 g/mol. The Hall–Kier alpha value is -3.38. The number of amides is 3. The van der Waals surface area contributed by atoms with E-state index in [-0.39, 0.29) is 23.1 Å².